The number of para-hydroxylation sites is 1. The number of hydrogen-bond donors (Lipinski definition) is 1. The number of amides is 1. The highest BCUT2D eigenvalue weighted by atomic mass is 16.5. The zero-order chi connectivity index (χ0) is 12.2. The van der Waals surface area contributed by atoms with E-state index in [1.807, 2.05) is 24.3 Å². The zero-order valence-electron chi connectivity index (χ0n) is 10.3. The number of ether oxygens (including phenoxy) is 1. The summed E-state index contributed by atoms with van der Waals surface area (Å²) in [6.07, 6.45) is 0. The molecule has 0 atom stereocenters. The fourth-order valence-corrected chi connectivity index (χ4v) is 1.64. The Labute approximate surface area is 96.8 Å². The Bertz CT molecular complexity index is 372. The lowest BCUT2D eigenvalue weighted by atomic mass is 9.84. The second-order valence-electron chi connectivity index (χ2n) is 4.49. The fraction of sp³-hybridized carbons (Fsp3) is 0.462. The van der Waals surface area contributed by atoms with Crippen LogP contribution in [0.3, 0.4) is 0 Å². The van der Waals surface area contributed by atoms with E-state index in [0.717, 1.165) is 11.3 Å². The third-order valence-electron chi connectivity index (χ3n) is 2.62. The van der Waals surface area contributed by atoms with E-state index in [4.69, 9.17) is 4.74 Å². The third kappa shape index (κ3) is 2.99. The predicted octanol–water partition coefficient (Wildman–Crippen LogP) is 2.11. The highest BCUT2D eigenvalue weighted by Gasteiger charge is 2.24. The number of hydrogen-bond acceptors (Lipinski definition) is 2. The third-order valence-corrected chi connectivity index (χ3v) is 2.62. The van der Waals surface area contributed by atoms with Crippen molar-refractivity contribution in [1.29, 1.82) is 0 Å². The Hall–Kier alpha value is -1.51. The van der Waals surface area contributed by atoms with Gasteiger partial charge in [-0.3, -0.25) is 4.79 Å². The van der Waals surface area contributed by atoms with Gasteiger partial charge in [-0.1, -0.05) is 32.0 Å². The fourth-order valence-electron chi connectivity index (χ4n) is 1.64. The molecule has 0 aromatic heterocycles. The van der Waals surface area contributed by atoms with E-state index in [0.29, 0.717) is 6.54 Å². The van der Waals surface area contributed by atoms with Crippen LogP contribution in [-0.4, -0.2) is 19.6 Å². The van der Waals surface area contributed by atoms with Crippen LogP contribution in [0.15, 0.2) is 24.3 Å². The first-order valence-corrected chi connectivity index (χ1v) is 5.35. The van der Waals surface area contributed by atoms with Crippen LogP contribution in [0.1, 0.15) is 26.3 Å². The van der Waals surface area contributed by atoms with E-state index >= 15 is 0 Å². The molecule has 0 saturated carbocycles. The van der Waals surface area contributed by atoms with Crippen molar-refractivity contribution in [1.82, 2.24) is 5.32 Å². The molecule has 0 aliphatic heterocycles. The van der Waals surface area contributed by atoms with Crippen LogP contribution in [0.2, 0.25) is 0 Å². The average Bonchev–Trinajstić information content (AvgIpc) is 2.26. The lowest BCUT2D eigenvalue weighted by Crippen LogP contribution is -2.35. The number of methoxy groups -OCH3 is 1. The summed E-state index contributed by atoms with van der Waals surface area (Å²) in [6.45, 7) is 6.29. The van der Waals surface area contributed by atoms with Crippen molar-refractivity contribution in [2.24, 2.45) is 0 Å². The van der Waals surface area contributed by atoms with Gasteiger partial charge in [-0.25, -0.2) is 0 Å². The molecule has 1 N–H and O–H groups in total. The van der Waals surface area contributed by atoms with E-state index in [2.05, 4.69) is 19.2 Å². The first-order chi connectivity index (χ1) is 7.47. The van der Waals surface area contributed by atoms with Crippen LogP contribution in [0.4, 0.5) is 0 Å². The summed E-state index contributed by atoms with van der Waals surface area (Å²) in [5.74, 6) is 0.848. The molecule has 1 amide bonds. The smallest absolute Gasteiger partial charge is 0.216 e. The molecule has 0 radical (unpaired) electrons. The molecule has 1 aromatic rings. The Morgan fingerprint density at radius 3 is 2.56 bits per heavy atom. The van der Waals surface area contributed by atoms with Crippen LogP contribution >= 0.6 is 0 Å². The normalized spacial score (nSPS) is 11.0. The molecular weight excluding hydrogens is 202 g/mol. The highest BCUT2D eigenvalue weighted by molar-refractivity contribution is 5.73. The van der Waals surface area contributed by atoms with Gasteiger partial charge in [0.25, 0.3) is 0 Å². The molecule has 3 heteroatoms. The van der Waals surface area contributed by atoms with Gasteiger partial charge >= 0.3 is 0 Å². The molecule has 1 aromatic carbocycles. The molecule has 0 unspecified atom stereocenters. The monoisotopic (exact) mass is 221 g/mol. The van der Waals surface area contributed by atoms with E-state index in [9.17, 15) is 4.79 Å². The molecule has 0 saturated heterocycles. The maximum absolute atomic E-state index is 10.9. The molecule has 0 spiro atoms. The molecular formula is C13H19NO2. The van der Waals surface area contributed by atoms with Crippen molar-refractivity contribution >= 4 is 5.91 Å². The van der Waals surface area contributed by atoms with E-state index in [1.54, 1.807) is 7.11 Å². The van der Waals surface area contributed by atoms with Gasteiger partial charge in [0.05, 0.1) is 7.11 Å². The number of carbonyl (C=O) groups excluding carboxylic acids is 1. The Morgan fingerprint density at radius 2 is 2.00 bits per heavy atom. The van der Waals surface area contributed by atoms with Gasteiger partial charge < -0.3 is 10.1 Å². The van der Waals surface area contributed by atoms with Crippen LogP contribution in [0.5, 0.6) is 5.75 Å². The Morgan fingerprint density at radius 1 is 1.38 bits per heavy atom. The second-order valence-corrected chi connectivity index (χ2v) is 4.49. The Kier molecular flexibility index (Phi) is 3.93. The largest absolute Gasteiger partial charge is 0.496 e. The summed E-state index contributed by atoms with van der Waals surface area (Å²) < 4.78 is 5.33. The quantitative estimate of drug-likeness (QED) is 0.845. The summed E-state index contributed by atoms with van der Waals surface area (Å²) in [7, 11) is 1.66. The summed E-state index contributed by atoms with van der Waals surface area (Å²) >= 11 is 0. The molecule has 0 fully saturated rings. The lowest BCUT2D eigenvalue weighted by molar-refractivity contribution is -0.119. The molecule has 0 aliphatic carbocycles. The molecule has 0 heterocycles. The zero-order valence-corrected chi connectivity index (χ0v) is 10.3. The van der Waals surface area contributed by atoms with Gasteiger partial charge in [-0.2, -0.15) is 0 Å². The van der Waals surface area contributed by atoms with Crippen LogP contribution in [-0.2, 0) is 10.2 Å². The van der Waals surface area contributed by atoms with Crippen molar-refractivity contribution in [3.8, 4) is 5.75 Å². The lowest BCUT2D eigenvalue weighted by Gasteiger charge is -2.27. The molecule has 0 bridgehead atoms. The molecule has 3 nitrogen and oxygen atoms in total. The van der Waals surface area contributed by atoms with E-state index < -0.39 is 0 Å². The number of rotatable bonds is 4. The van der Waals surface area contributed by atoms with Crippen molar-refractivity contribution in [3.05, 3.63) is 29.8 Å². The van der Waals surface area contributed by atoms with Crippen LogP contribution in [0, 0.1) is 0 Å². The van der Waals surface area contributed by atoms with Crippen LogP contribution in [0.25, 0.3) is 0 Å². The minimum atomic E-state index is -0.141. The minimum Gasteiger partial charge on any atom is -0.496 e. The molecule has 88 valence electrons. The van der Waals surface area contributed by atoms with Gasteiger partial charge in [-0.05, 0) is 6.07 Å². The SMILES string of the molecule is COc1ccccc1C(C)(C)CNC(C)=O. The van der Waals surface area contributed by atoms with E-state index in [1.165, 1.54) is 6.92 Å². The number of carbonyl (C=O) groups is 1. The van der Waals surface area contributed by atoms with Crippen LogP contribution < -0.4 is 10.1 Å². The molecule has 0 aliphatic rings. The van der Waals surface area contributed by atoms with Crippen molar-refractivity contribution in [3.63, 3.8) is 0 Å². The molecule has 16 heavy (non-hydrogen) atoms. The number of benzene rings is 1. The van der Waals surface area contributed by atoms with Gasteiger partial charge in [0.2, 0.25) is 5.91 Å². The predicted molar refractivity (Wildman–Crippen MR) is 64.7 cm³/mol. The van der Waals surface area contributed by atoms with Gasteiger partial charge in [-0.15, -0.1) is 0 Å². The van der Waals surface area contributed by atoms with E-state index in [-0.39, 0.29) is 11.3 Å². The Balaban J connectivity index is 2.92. The van der Waals surface area contributed by atoms with Gasteiger partial charge in [0, 0.05) is 24.4 Å². The van der Waals surface area contributed by atoms with Crippen molar-refractivity contribution in [2.75, 3.05) is 13.7 Å². The van der Waals surface area contributed by atoms with Gasteiger partial charge in [0.1, 0.15) is 5.75 Å². The number of nitrogens with one attached hydrogen (secondary N) is 1. The van der Waals surface area contributed by atoms with Crippen molar-refractivity contribution < 1.29 is 9.53 Å². The standard InChI is InChI=1S/C13H19NO2/c1-10(15)14-9-13(2,3)11-7-5-6-8-12(11)16-4/h5-8H,9H2,1-4H3,(H,14,15). The second kappa shape index (κ2) is 5.01. The molecule has 1 rings (SSSR count). The summed E-state index contributed by atoms with van der Waals surface area (Å²) in [6, 6.07) is 7.88. The first kappa shape index (κ1) is 12.6. The average molecular weight is 221 g/mol. The highest BCUT2D eigenvalue weighted by Crippen LogP contribution is 2.30. The maximum atomic E-state index is 10.9. The van der Waals surface area contributed by atoms with Crippen molar-refractivity contribution in [2.45, 2.75) is 26.2 Å². The minimum absolute atomic E-state index is 0.0111. The topological polar surface area (TPSA) is 38.3 Å². The summed E-state index contributed by atoms with van der Waals surface area (Å²) in [5, 5.41) is 2.84. The summed E-state index contributed by atoms with van der Waals surface area (Å²) in [4.78, 5) is 10.9. The van der Waals surface area contributed by atoms with Gasteiger partial charge in [0.15, 0.2) is 0 Å². The maximum Gasteiger partial charge on any atom is 0.216 e. The summed E-state index contributed by atoms with van der Waals surface area (Å²) in [5.41, 5.74) is 0.962. The first-order valence-electron chi connectivity index (χ1n) is 5.35.